The fraction of sp³-hybridized carbons (Fsp3) is 0.167. The van der Waals surface area contributed by atoms with Crippen LogP contribution in [-0.4, -0.2) is 31.1 Å². The summed E-state index contributed by atoms with van der Waals surface area (Å²) in [6, 6.07) is 16.3. The quantitative estimate of drug-likeness (QED) is 0.529. The highest BCUT2D eigenvalue weighted by molar-refractivity contribution is 7.98. The maximum Gasteiger partial charge on any atom is 0.241 e. The maximum absolute atomic E-state index is 12.2. The Bertz CT molecular complexity index is 1040. The summed E-state index contributed by atoms with van der Waals surface area (Å²) < 4.78 is 26.7. The zero-order chi connectivity index (χ0) is 20.0. The molecule has 0 fully saturated rings. The van der Waals surface area contributed by atoms with E-state index in [0.29, 0.717) is 10.9 Å². The lowest BCUT2D eigenvalue weighted by atomic mass is 10.2. The van der Waals surface area contributed by atoms with Crippen LogP contribution in [0.25, 0.3) is 0 Å². The van der Waals surface area contributed by atoms with Crippen molar-refractivity contribution in [3.63, 3.8) is 0 Å². The van der Waals surface area contributed by atoms with Crippen LogP contribution in [0.4, 0.5) is 5.13 Å². The molecule has 3 rings (SSSR count). The number of hydrogen-bond acceptors (Lipinski definition) is 7. The second kappa shape index (κ2) is 9.28. The Morgan fingerprint density at radius 3 is 2.50 bits per heavy atom. The van der Waals surface area contributed by atoms with Gasteiger partial charge in [-0.2, -0.15) is 0 Å². The van der Waals surface area contributed by atoms with E-state index in [0.717, 1.165) is 15.5 Å². The molecule has 0 saturated heterocycles. The third kappa shape index (κ3) is 5.86. The Morgan fingerprint density at radius 1 is 1.07 bits per heavy atom. The van der Waals surface area contributed by atoms with Crippen LogP contribution in [0.2, 0.25) is 0 Å². The summed E-state index contributed by atoms with van der Waals surface area (Å²) in [5, 5.41) is 11.6. The number of aryl methyl sites for hydroxylation is 1. The molecule has 0 spiro atoms. The van der Waals surface area contributed by atoms with Crippen LogP contribution in [0.3, 0.4) is 0 Å². The molecule has 0 aliphatic heterocycles. The smallest absolute Gasteiger partial charge is 0.241 e. The van der Waals surface area contributed by atoms with Crippen molar-refractivity contribution in [3.8, 4) is 0 Å². The van der Waals surface area contributed by atoms with Gasteiger partial charge < -0.3 is 0 Å². The number of amides is 1. The molecule has 2 aromatic carbocycles. The molecular weight excluding hydrogens is 416 g/mol. The first kappa shape index (κ1) is 20.5. The molecule has 0 bridgehead atoms. The fourth-order valence-corrected chi connectivity index (χ4v) is 4.79. The molecule has 1 heterocycles. The number of hydrogen-bond donors (Lipinski definition) is 2. The number of benzene rings is 2. The van der Waals surface area contributed by atoms with Crippen molar-refractivity contribution >= 4 is 44.2 Å². The van der Waals surface area contributed by atoms with Crippen LogP contribution in [0.15, 0.2) is 64.4 Å². The lowest BCUT2D eigenvalue weighted by molar-refractivity contribution is -0.115. The lowest BCUT2D eigenvalue weighted by Gasteiger charge is -2.06. The van der Waals surface area contributed by atoms with Crippen LogP contribution in [0, 0.1) is 6.92 Å². The monoisotopic (exact) mass is 434 g/mol. The van der Waals surface area contributed by atoms with Crippen molar-refractivity contribution in [1.82, 2.24) is 14.9 Å². The molecule has 10 heteroatoms. The van der Waals surface area contributed by atoms with Gasteiger partial charge >= 0.3 is 0 Å². The Hall–Kier alpha value is -2.27. The number of carbonyl (C=O) groups excluding carboxylic acids is 1. The summed E-state index contributed by atoms with van der Waals surface area (Å²) in [5.41, 5.74) is 0.953. The van der Waals surface area contributed by atoms with Crippen LogP contribution >= 0.6 is 23.1 Å². The van der Waals surface area contributed by atoms with Crippen LogP contribution < -0.4 is 10.0 Å². The average Bonchev–Trinajstić information content (AvgIpc) is 3.13. The Balaban J connectivity index is 1.49. The first-order valence-corrected chi connectivity index (χ1v) is 11.6. The van der Waals surface area contributed by atoms with E-state index in [1.165, 1.54) is 23.5 Å². The van der Waals surface area contributed by atoms with E-state index in [1.54, 1.807) is 23.9 Å². The van der Waals surface area contributed by atoms with E-state index in [1.807, 2.05) is 37.3 Å². The highest BCUT2D eigenvalue weighted by atomic mass is 32.2. The number of aromatic nitrogens is 2. The summed E-state index contributed by atoms with van der Waals surface area (Å²) in [7, 11) is -3.75. The number of nitrogens with one attached hydrogen (secondary N) is 2. The fourth-order valence-electron chi connectivity index (χ4n) is 2.15. The molecular formula is C18H18N4O3S3. The third-order valence-electron chi connectivity index (χ3n) is 3.57. The summed E-state index contributed by atoms with van der Waals surface area (Å²) in [6.07, 6.45) is 0. The number of carbonyl (C=O) groups is 1. The summed E-state index contributed by atoms with van der Waals surface area (Å²) in [5.74, 6) is 0.131. The third-order valence-corrected chi connectivity index (χ3v) is 7.03. The lowest BCUT2D eigenvalue weighted by Crippen LogP contribution is -2.32. The van der Waals surface area contributed by atoms with Crippen molar-refractivity contribution in [2.24, 2.45) is 0 Å². The van der Waals surface area contributed by atoms with Crippen LogP contribution in [-0.2, 0) is 20.6 Å². The zero-order valence-corrected chi connectivity index (χ0v) is 17.4. The first-order chi connectivity index (χ1) is 13.4. The van der Waals surface area contributed by atoms with Gasteiger partial charge in [-0.1, -0.05) is 47.2 Å². The van der Waals surface area contributed by atoms with E-state index >= 15 is 0 Å². The molecule has 0 atom stereocenters. The van der Waals surface area contributed by atoms with E-state index in [2.05, 4.69) is 20.2 Å². The van der Waals surface area contributed by atoms with Gasteiger partial charge in [0.25, 0.3) is 0 Å². The van der Waals surface area contributed by atoms with Crippen molar-refractivity contribution in [1.29, 1.82) is 0 Å². The molecule has 3 aromatic rings. The minimum atomic E-state index is -3.75. The number of sulfonamides is 1. The molecule has 1 amide bonds. The van der Waals surface area contributed by atoms with Gasteiger partial charge in [0.2, 0.25) is 21.1 Å². The first-order valence-electron chi connectivity index (χ1n) is 8.29. The van der Waals surface area contributed by atoms with Gasteiger partial charge in [-0.05, 0) is 31.2 Å². The summed E-state index contributed by atoms with van der Waals surface area (Å²) in [6.45, 7) is 1.48. The Labute approximate surface area is 171 Å². The Morgan fingerprint density at radius 2 is 1.79 bits per heavy atom. The van der Waals surface area contributed by atoms with Gasteiger partial charge in [0, 0.05) is 4.90 Å². The van der Waals surface area contributed by atoms with Gasteiger partial charge in [-0.15, -0.1) is 22.0 Å². The van der Waals surface area contributed by atoms with Gasteiger partial charge in [-0.3, -0.25) is 10.1 Å². The second-order valence-corrected chi connectivity index (χ2v) is 9.67. The highest BCUT2D eigenvalue weighted by Gasteiger charge is 2.16. The van der Waals surface area contributed by atoms with Crippen molar-refractivity contribution in [3.05, 3.63) is 65.2 Å². The van der Waals surface area contributed by atoms with Gasteiger partial charge in [-0.25, -0.2) is 13.1 Å². The number of rotatable bonds is 8. The molecule has 146 valence electrons. The standard InChI is InChI=1S/C18H18N4O3S3/c1-13-7-9-15(10-8-13)28(24,25)19-11-16(23)20-18-22-21-17(27-18)12-26-14-5-3-2-4-6-14/h2-10,19H,11-12H2,1H3,(H,20,22,23). The number of thioether (sulfide) groups is 1. The summed E-state index contributed by atoms with van der Waals surface area (Å²) in [4.78, 5) is 13.3. The van der Waals surface area contributed by atoms with E-state index in [4.69, 9.17) is 0 Å². The van der Waals surface area contributed by atoms with Gasteiger partial charge in [0.1, 0.15) is 5.01 Å². The van der Waals surface area contributed by atoms with Crippen molar-refractivity contribution in [2.45, 2.75) is 22.5 Å². The largest absolute Gasteiger partial charge is 0.299 e. The molecule has 0 aliphatic carbocycles. The normalized spacial score (nSPS) is 11.3. The van der Waals surface area contributed by atoms with E-state index in [9.17, 15) is 13.2 Å². The highest BCUT2D eigenvalue weighted by Crippen LogP contribution is 2.25. The number of nitrogens with zero attached hydrogens (tertiary/aromatic N) is 2. The maximum atomic E-state index is 12.2. The molecule has 7 nitrogen and oxygen atoms in total. The minimum Gasteiger partial charge on any atom is -0.299 e. The molecule has 0 radical (unpaired) electrons. The molecule has 0 aliphatic rings. The van der Waals surface area contributed by atoms with Crippen molar-refractivity contribution in [2.75, 3.05) is 11.9 Å². The van der Waals surface area contributed by atoms with Gasteiger partial charge in [0.15, 0.2) is 0 Å². The molecule has 0 unspecified atom stereocenters. The minimum absolute atomic E-state index is 0.113. The van der Waals surface area contributed by atoms with E-state index in [-0.39, 0.29) is 11.4 Å². The summed E-state index contributed by atoms with van der Waals surface area (Å²) >= 11 is 2.88. The van der Waals surface area contributed by atoms with E-state index < -0.39 is 15.9 Å². The number of anilines is 1. The SMILES string of the molecule is Cc1ccc(S(=O)(=O)NCC(=O)Nc2nnc(CSc3ccccc3)s2)cc1. The van der Waals surface area contributed by atoms with Gasteiger partial charge in [0.05, 0.1) is 17.2 Å². The van der Waals surface area contributed by atoms with Crippen molar-refractivity contribution < 1.29 is 13.2 Å². The van der Waals surface area contributed by atoms with Crippen LogP contribution in [0.1, 0.15) is 10.6 Å². The van der Waals surface area contributed by atoms with Crippen LogP contribution in [0.5, 0.6) is 0 Å². The predicted octanol–water partition coefficient (Wildman–Crippen LogP) is 3.06. The topological polar surface area (TPSA) is 101 Å². The average molecular weight is 435 g/mol. The molecule has 2 N–H and O–H groups in total. The second-order valence-electron chi connectivity index (χ2n) is 5.79. The molecule has 28 heavy (non-hydrogen) atoms. The predicted molar refractivity (Wildman–Crippen MR) is 111 cm³/mol. The Kier molecular flexibility index (Phi) is 6.79. The molecule has 1 aromatic heterocycles. The zero-order valence-electron chi connectivity index (χ0n) is 15.0. The molecule has 0 saturated carbocycles.